The molecule has 0 spiro atoms. The second-order valence-corrected chi connectivity index (χ2v) is 11.6. The van der Waals surface area contributed by atoms with Crippen LogP contribution in [0, 0.1) is 0 Å². The zero-order chi connectivity index (χ0) is 30.1. The van der Waals surface area contributed by atoms with Crippen molar-refractivity contribution >= 4 is 43.8 Å². The van der Waals surface area contributed by atoms with Gasteiger partial charge < -0.3 is 34.3 Å². The number of nitrogens with zero attached hydrogens (tertiary/aromatic N) is 2. The van der Waals surface area contributed by atoms with Crippen LogP contribution in [0.5, 0.6) is 11.5 Å². The lowest BCUT2D eigenvalue weighted by atomic mass is 9.85. The van der Waals surface area contributed by atoms with Gasteiger partial charge in [-0.2, -0.15) is 0 Å². The number of carbonyl (C=O) groups is 1. The Morgan fingerprint density at radius 3 is 2.65 bits per heavy atom. The van der Waals surface area contributed by atoms with Crippen molar-refractivity contribution in [2.45, 2.75) is 12.3 Å². The quantitative estimate of drug-likeness (QED) is 0.224. The third-order valence-corrected chi connectivity index (χ3v) is 8.66. The van der Waals surface area contributed by atoms with E-state index in [0.29, 0.717) is 55.9 Å². The maximum absolute atomic E-state index is 14.1. The Balaban J connectivity index is 1.52. The average Bonchev–Trinajstić information content (AvgIpc) is 3.39. The molecule has 1 aliphatic heterocycles. The number of aromatic amines is 1. The Bertz CT molecular complexity index is 1880. The number of urea groups is 1. The van der Waals surface area contributed by atoms with Gasteiger partial charge in [-0.1, -0.05) is 40.2 Å². The summed E-state index contributed by atoms with van der Waals surface area (Å²) in [5.41, 5.74) is 4.02. The molecule has 2 amide bonds. The first-order valence-electron chi connectivity index (χ1n) is 14.2. The summed E-state index contributed by atoms with van der Waals surface area (Å²) in [6.07, 6.45) is 0.484. The molecule has 0 bridgehead atoms. The summed E-state index contributed by atoms with van der Waals surface area (Å²) < 4.78 is 13.4. The third kappa shape index (κ3) is 5.48. The molecule has 0 saturated carbocycles. The number of aromatic hydroxyl groups is 1. The number of aryl methyl sites for hydroxylation is 1. The number of pyridine rings is 1. The molecule has 3 N–H and O–H groups in total. The first-order valence-corrected chi connectivity index (χ1v) is 15.0. The van der Waals surface area contributed by atoms with E-state index in [1.165, 1.54) is 0 Å². The molecule has 43 heavy (non-hydrogen) atoms. The molecule has 9 nitrogen and oxygen atoms in total. The number of morpholine rings is 1. The molecule has 1 saturated heterocycles. The lowest BCUT2D eigenvalue weighted by molar-refractivity contribution is 0.0533. The molecular weight excluding hydrogens is 612 g/mol. The maximum Gasteiger partial charge on any atom is 0.317 e. The molecule has 1 fully saturated rings. The Morgan fingerprint density at radius 1 is 1.09 bits per heavy atom. The maximum atomic E-state index is 14.1. The van der Waals surface area contributed by atoms with Crippen LogP contribution in [-0.4, -0.2) is 65.5 Å². The molecular formula is C33H33BrN4O5. The van der Waals surface area contributed by atoms with Crippen molar-refractivity contribution in [2.75, 3.05) is 40.0 Å². The van der Waals surface area contributed by atoms with Crippen LogP contribution in [0.25, 0.3) is 21.8 Å². The van der Waals surface area contributed by atoms with Crippen LogP contribution < -0.4 is 15.6 Å². The monoisotopic (exact) mass is 644 g/mol. The van der Waals surface area contributed by atoms with Crippen LogP contribution >= 0.6 is 15.9 Å². The van der Waals surface area contributed by atoms with Crippen LogP contribution in [0.2, 0.25) is 0 Å². The minimum atomic E-state index is -0.635. The largest absolute Gasteiger partial charge is 0.507 e. The number of benzene rings is 3. The zero-order valence-electron chi connectivity index (χ0n) is 24.0. The number of ether oxygens (including phenoxy) is 2. The number of rotatable bonds is 7. The topological polar surface area (TPSA) is 109 Å². The van der Waals surface area contributed by atoms with Gasteiger partial charge in [0, 0.05) is 53.1 Å². The minimum Gasteiger partial charge on any atom is -0.507 e. The highest BCUT2D eigenvalue weighted by atomic mass is 79.9. The molecule has 6 rings (SSSR count). The van der Waals surface area contributed by atoms with E-state index in [-0.39, 0.29) is 22.9 Å². The van der Waals surface area contributed by atoms with Gasteiger partial charge in [0.1, 0.15) is 11.5 Å². The van der Waals surface area contributed by atoms with E-state index in [9.17, 15) is 14.7 Å². The molecule has 1 atom stereocenters. The fourth-order valence-electron chi connectivity index (χ4n) is 5.99. The van der Waals surface area contributed by atoms with Crippen molar-refractivity contribution in [3.05, 3.63) is 104 Å². The van der Waals surface area contributed by atoms with Crippen LogP contribution in [0.3, 0.4) is 0 Å². The number of para-hydroxylation sites is 1. The lowest BCUT2D eigenvalue weighted by Gasteiger charge is -2.27. The third-order valence-electron chi connectivity index (χ3n) is 8.17. The highest BCUT2D eigenvalue weighted by molar-refractivity contribution is 9.10. The van der Waals surface area contributed by atoms with Gasteiger partial charge in [0.25, 0.3) is 5.56 Å². The number of carbonyl (C=O) groups excluding carboxylic acids is 1. The van der Waals surface area contributed by atoms with Crippen molar-refractivity contribution in [1.82, 2.24) is 19.8 Å². The van der Waals surface area contributed by atoms with Gasteiger partial charge in [-0.05, 0) is 60.0 Å². The molecule has 0 aliphatic carbocycles. The molecule has 10 heteroatoms. The molecule has 222 valence electrons. The number of amides is 2. The second kappa shape index (κ2) is 12.1. The predicted octanol–water partition coefficient (Wildman–Crippen LogP) is 5.26. The number of aromatic nitrogens is 2. The van der Waals surface area contributed by atoms with E-state index >= 15 is 0 Å². The molecule has 3 aromatic carbocycles. The molecule has 3 heterocycles. The summed E-state index contributed by atoms with van der Waals surface area (Å²) in [7, 11) is 3.35. The summed E-state index contributed by atoms with van der Waals surface area (Å²) in [4.78, 5) is 32.3. The van der Waals surface area contributed by atoms with Gasteiger partial charge in [-0.25, -0.2) is 4.79 Å². The van der Waals surface area contributed by atoms with Crippen LogP contribution in [-0.2, 0) is 18.2 Å². The standard InChI is InChI=1S/C33H33BrN4O5/c1-37-27-9-4-3-8-24(27)31(39)29(32(37)40)28(20-6-5-7-21(34)18-20)30-23(25-19-22(42-2)10-11-26(25)36-30)12-13-35-33(41)38-14-16-43-17-15-38/h3-11,18-19,28,36,39H,12-17H2,1-2H3,(H,35,41). The number of nitrogens with one attached hydrogen (secondary N) is 2. The van der Waals surface area contributed by atoms with Gasteiger partial charge >= 0.3 is 6.03 Å². The molecule has 2 aromatic heterocycles. The number of hydrogen-bond acceptors (Lipinski definition) is 5. The Hall–Kier alpha value is -4.28. The summed E-state index contributed by atoms with van der Waals surface area (Å²) in [6, 6.07) is 20.8. The first kappa shape index (κ1) is 28.8. The fraction of sp³-hybridized carbons (Fsp3) is 0.273. The van der Waals surface area contributed by atoms with Gasteiger partial charge in [0.2, 0.25) is 0 Å². The van der Waals surface area contributed by atoms with Crippen molar-refractivity contribution in [3.8, 4) is 11.5 Å². The normalized spacial score (nSPS) is 14.3. The highest BCUT2D eigenvalue weighted by Gasteiger charge is 2.30. The average molecular weight is 646 g/mol. The summed E-state index contributed by atoms with van der Waals surface area (Å²) >= 11 is 3.60. The number of H-pyrrole nitrogens is 1. The van der Waals surface area contributed by atoms with Gasteiger partial charge in [0.15, 0.2) is 0 Å². The Kier molecular flexibility index (Phi) is 8.14. The molecule has 5 aromatic rings. The van der Waals surface area contributed by atoms with Crippen molar-refractivity contribution in [2.24, 2.45) is 7.05 Å². The van der Waals surface area contributed by atoms with E-state index in [1.807, 2.05) is 66.7 Å². The van der Waals surface area contributed by atoms with E-state index in [2.05, 4.69) is 26.2 Å². The van der Waals surface area contributed by atoms with Crippen LogP contribution in [0.15, 0.2) is 76.0 Å². The molecule has 0 radical (unpaired) electrons. The van der Waals surface area contributed by atoms with Crippen molar-refractivity contribution < 1.29 is 19.4 Å². The van der Waals surface area contributed by atoms with E-state index < -0.39 is 5.92 Å². The Morgan fingerprint density at radius 2 is 1.88 bits per heavy atom. The zero-order valence-corrected chi connectivity index (χ0v) is 25.6. The van der Waals surface area contributed by atoms with Crippen LogP contribution in [0.4, 0.5) is 4.79 Å². The Labute approximate surface area is 257 Å². The minimum absolute atomic E-state index is 0.0496. The smallest absolute Gasteiger partial charge is 0.317 e. The summed E-state index contributed by atoms with van der Waals surface area (Å²) in [5, 5.41) is 16.3. The number of halogens is 1. The summed E-state index contributed by atoms with van der Waals surface area (Å²) in [6.45, 7) is 2.53. The predicted molar refractivity (Wildman–Crippen MR) is 170 cm³/mol. The van der Waals surface area contributed by atoms with E-state index in [0.717, 1.165) is 32.2 Å². The first-order chi connectivity index (χ1) is 20.9. The van der Waals surface area contributed by atoms with Crippen LogP contribution in [0.1, 0.15) is 28.3 Å². The van der Waals surface area contributed by atoms with E-state index in [1.54, 1.807) is 23.6 Å². The fourth-order valence-corrected chi connectivity index (χ4v) is 6.41. The number of methoxy groups -OCH3 is 1. The highest BCUT2D eigenvalue weighted by Crippen LogP contribution is 2.42. The molecule has 1 unspecified atom stereocenters. The van der Waals surface area contributed by atoms with Gasteiger partial charge in [0.05, 0.1) is 37.3 Å². The number of fused-ring (bicyclic) bond motifs is 2. The van der Waals surface area contributed by atoms with Gasteiger partial charge in [-0.3, -0.25) is 4.79 Å². The van der Waals surface area contributed by atoms with Crippen molar-refractivity contribution in [1.29, 1.82) is 0 Å². The SMILES string of the molecule is COc1ccc2[nH]c(C(c3cccc(Br)c3)c3c(O)c4ccccc4n(C)c3=O)c(CCNC(=O)N3CCOCC3)c2c1. The van der Waals surface area contributed by atoms with E-state index in [4.69, 9.17) is 9.47 Å². The number of hydrogen-bond donors (Lipinski definition) is 3. The van der Waals surface area contributed by atoms with Crippen molar-refractivity contribution in [3.63, 3.8) is 0 Å². The van der Waals surface area contributed by atoms with Gasteiger partial charge in [-0.15, -0.1) is 0 Å². The summed E-state index contributed by atoms with van der Waals surface area (Å²) in [5.74, 6) is 0.00996. The molecule has 1 aliphatic rings. The lowest BCUT2D eigenvalue weighted by Crippen LogP contribution is -2.46. The second-order valence-electron chi connectivity index (χ2n) is 10.6.